The molecule has 0 aromatic heterocycles. The fraction of sp³-hybridized carbons (Fsp3) is 0.467. The first-order chi connectivity index (χ1) is 10.3. The Labute approximate surface area is 131 Å². The number of hydrogen-bond donors (Lipinski definition) is 1. The van der Waals surface area contributed by atoms with Gasteiger partial charge in [-0.05, 0) is 37.6 Å². The Kier molecular flexibility index (Phi) is 6.53. The van der Waals surface area contributed by atoms with Crippen molar-refractivity contribution in [1.82, 2.24) is 9.62 Å². The van der Waals surface area contributed by atoms with Crippen molar-refractivity contribution in [3.63, 3.8) is 0 Å². The van der Waals surface area contributed by atoms with Gasteiger partial charge in [-0.25, -0.2) is 13.1 Å². The van der Waals surface area contributed by atoms with Crippen LogP contribution >= 0.6 is 0 Å². The zero-order valence-electron chi connectivity index (χ0n) is 13.0. The molecule has 0 spiro atoms. The minimum Gasteiger partial charge on any atom is -0.341 e. The maximum atomic E-state index is 12.1. The van der Waals surface area contributed by atoms with Gasteiger partial charge >= 0.3 is 0 Å². The fourth-order valence-electron chi connectivity index (χ4n) is 1.73. The van der Waals surface area contributed by atoms with E-state index >= 15 is 0 Å². The van der Waals surface area contributed by atoms with Gasteiger partial charge in [-0.2, -0.15) is 5.26 Å². The van der Waals surface area contributed by atoms with Gasteiger partial charge in [0.15, 0.2) is 0 Å². The van der Waals surface area contributed by atoms with Crippen LogP contribution in [0.25, 0.3) is 0 Å². The van der Waals surface area contributed by atoms with E-state index < -0.39 is 10.0 Å². The van der Waals surface area contributed by atoms with Gasteiger partial charge in [0.25, 0.3) is 5.91 Å². The standard InChI is InChI=1S/C15H21N3O3S/c1-4-12(2)17-22(20,21)14-8-6-13(7-9-14)15(19)18(3)11-5-10-16/h6-9,12,17H,4-5,11H2,1-3H3. The van der Waals surface area contributed by atoms with Crippen molar-refractivity contribution >= 4 is 15.9 Å². The second kappa shape index (κ2) is 7.92. The van der Waals surface area contributed by atoms with Crippen molar-refractivity contribution < 1.29 is 13.2 Å². The molecule has 0 saturated heterocycles. The van der Waals surface area contributed by atoms with Gasteiger partial charge < -0.3 is 4.90 Å². The molecule has 1 atom stereocenters. The van der Waals surface area contributed by atoms with E-state index in [9.17, 15) is 13.2 Å². The molecule has 0 bridgehead atoms. The maximum absolute atomic E-state index is 12.1. The molecule has 0 fully saturated rings. The molecule has 1 amide bonds. The van der Waals surface area contributed by atoms with Crippen LogP contribution < -0.4 is 4.72 Å². The van der Waals surface area contributed by atoms with Crippen LogP contribution in [-0.4, -0.2) is 38.9 Å². The summed E-state index contributed by atoms with van der Waals surface area (Å²) in [6.45, 7) is 4.02. The van der Waals surface area contributed by atoms with Crippen LogP contribution in [0.3, 0.4) is 0 Å². The molecule has 0 heterocycles. The molecule has 0 aliphatic rings. The molecule has 0 aliphatic heterocycles. The molecular formula is C15H21N3O3S. The molecule has 0 aliphatic carbocycles. The summed E-state index contributed by atoms with van der Waals surface area (Å²) in [5.74, 6) is -0.242. The van der Waals surface area contributed by atoms with Crippen molar-refractivity contribution in [3.8, 4) is 6.07 Å². The summed E-state index contributed by atoms with van der Waals surface area (Å²) >= 11 is 0. The van der Waals surface area contributed by atoms with Crippen LogP contribution in [-0.2, 0) is 10.0 Å². The number of hydrogen-bond acceptors (Lipinski definition) is 4. The van der Waals surface area contributed by atoms with E-state index in [-0.39, 0.29) is 23.3 Å². The molecule has 0 saturated carbocycles. The summed E-state index contributed by atoms with van der Waals surface area (Å²) < 4.78 is 26.8. The minimum atomic E-state index is -3.57. The summed E-state index contributed by atoms with van der Waals surface area (Å²) in [5.41, 5.74) is 0.392. The van der Waals surface area contributed by atoms with Crippen molar-refractivity contribution in [2.75, 3.05) is 13.6 Å². The molecule has 6 nitrogen and oxygen atoms in total. The lowest BCUT2D eigenvalue weighted by Gasteiger charge is -2.16. The highest BCUT2D eigenvalue weighted by Crippen LogP contribution is 2.13. The van der Waals surface area contributed by atoms with Crippen LogP contribution in [0, 0.1) is 11.3 Å². The van der Waals surface area contributed by atoms with Crippen LogP contribution in [0.4, 0.5) is 0 Å². The van der Waals surface area contributed by atoms with Crippen LogP contribution in [0.2, 0.25) is 0 Å². The van der Waals surface area contributed by atoms with Gasteiger partial charge in [0.05, 0.1) is 17.4 Å². The van der Waals surface area contributed by atoms with E-state index in [0.717, 1.165) is 0 Å². The first kappa shape index (κ1) is 18.1. The second-order valence-corrected chi connectivity index (χ2v) is 6.80. The minimum absolute atomic E-state index is 0.129. The fourth-order valence-corrected chi connectivity index (χ4v) is 3.06. The van der Waals surface area contributed by atoms with Crippen molar-refractivity contribution in [1.29, 1.82) is 5.26 Å². The second-order valence-electron chi connectivity index (χ2n) is 5.09. The smallest absolute Gasteiger partial charge is 0.253 e. The maximum Gasteiger partial charge on any atom is 0.253 e. The summed E-state index contributed by atoms with van der Waals surface area (Å²) in [7, 11) is -1.96. The summed E-state index contributed by atoms with van der Waals surface area (Å²) in [4.78, 5) is 13.7. The molecule has 7 heteroatoms. The molecule has 1 aromatic rings. The molecule has 1 N–H and O–H groups in total. The van der Waals surface area contributed by atoms with E-state index in [0.29, 0.717) is 18.5 Å². The van der Waals surface area contributed by atoms with Crippen molar-refractivity contribution in [2.24, 2.45) is 0 Å². The van der Waals surface area contributed by atoms with Gasteiger partial charge in [-0.1, -0.05) is 6.92 Å². The number of carbonyl (C=O) groups is 1. The molecular weight excluding hydrogens is 302 g/mol. The van der Waals surface area contributed by atoms with Crippen molar-refractivity contribution in [2.45, 2.75) is 37.6 Å². The Morgan fingerprint density at radius 2 is 1.95 bits per heavy atom. The van der Waals surface area contributed by atoms with Crippen LogP contribution in [0.15, 0.2) is 29.2 Å². The third-order valence-electron chi connectivity index (χ3n) is 3.29. The van der Waals surface area contributed by atoms with E-state index in [1.807, 2.05) is 13.0 Å². The average molecular weight is 323 g/mol. The van der Waals surface area contributed by atoms with E-state index in [1.165, 1.54) is 29.2 Å². The Hall–Kier alpha value is -1.91. The number of amides is 1. The summed E-state index contributed by atoms with van der Waals surface area (Å²) in [5, 5.41) is 8.52. The Balaban J connectivity index is 2.87. The zero-order chi connectivity index (χ0) is 16.8. The highest BCUT2D eigenvalue weighted by molar-refractivity contribution is 7.89. The summed E-state index contributed by atoms with van der Waals surface area (Å²) in [6, 6.07) is 7.62. The number of carbonyl (C=O) groups excluding carboxylic acids is 1. The normalized spacial score (nSPS) is 12.5. The number of benzene rings is 1. The lowest BCUT2D eigenvalue weighted by molar-refractivity contribution is 0.0798. The van der Waals surface area contributed by atoms with E-state index in [4.69, 9.17) is 5.26 Å². The number of sulfonamides is 1. The average Bonchev–Trinajstić information content (AvgIpc) is 2.51. The van der Waals surface area contributed by atoms with Gasteiger partial charge in [0.1, 0.15) is 0 Å². The number of nitrogens with one attached hydrogen (secondary N) is 1. The predicted octanol–water partition coefficient (Wildman–Crippen LogP) is 1.75. The Morgan fingerprint density at radius 3 is 2.45 bits per heavy atom. The van der Waals surface area contributed by atoms with Gasteiger partial charge in [0.2, 0.25) is 10.0 Å². The van der Waals surface area contributed by atoms with Crippen LogP contribution in [0.1, 0.15) is 37.0 Å². The SMILES string of the molecule is CCC(C)NS(=O)(=O)c1ccc(C(=O)N(C)CCC#N)cc1. The van der Waals surface area contributed by atoms with Gasteiger partial charge in [0, 0.05) is 25.2 Å². The number of rotatable bonds is 7. The lowest BCUT2D eigenvalue weighted by Crippen LogP contribution is -2.32. The van der Waals surface area contributed by atoms with E-state index in [1.54, 1.807) is 14.0 Å². The molecule has 22 heavy (non-hydrogen) atoms. The topological polar surface area (TPSA) is 90.3 Å². The third-order valence-corrected chi connectivity index (χ3v) is 4.89. The van der Waals surface area contributed by atoms with Crippen LogP contribution in [0.5, 0.6) is 0 Å². The highest BCUT2D eigenvalue weighted by Gasteiger charge is 2.18. The monoisotopic (exact) mass is 323 g/mol. The molecule has 1 unspecified atom stereocenters. The quantitative estimate of drug-likeness (QED) is 0.827. The Bertz CT molecular complexity index is 648. The first-order valence-electron chi connectivity index (χ1n) is 7.06. The lowest BCUT2D eigenvalue weighted by atomic mass is 10.2. The molecule has 1 aromatic carbocycles. The van der Waals surface area contributed by atoms with Gasteiger partial charge in [-0.15, -0.1) is 0 Å². The Morgan fingerprint density at radius 1 is 1.36 bits per heavy atom. The number of nitriles is 1. The van der Waals surface area contributed by atoms with Crippen molar-refractivity contribution in [3.05, 3.63) is 29.8 Å². The van der Waals surface area contributed by atoms with E-state index in [2.05, 4.69) is 4.72 Å². The largest absolute Gasteiger partial charge is 0.341 e. The zero-order valence-corrected chi connectivity index (χ0v) is 13.9. The van der Waals surface area contributed by atoms with Gasteiger partial charge in [-0.3, -0.25) is 4.79 Å². The highest BCUT2D eigenvalue weighted by atomic mass is 32.2. The third kappa shape index (κ3) is 4.83. The summed E-state index contributed by atoms with van der Waals surface area (Å²) in [6.07, 6.45) is 0.951. The predicted molar refractivity (Wildman–Crippen MR) is 83.7 cm³/mol. The molecule has 0 radical (unpaired) electrons. The first-order valence-corrected chi connectivity index (χ1v) is 8.55. The molecule has 120 valence electrons. The molecule has 1 rings (SSSR count). The number of nitrogens with zero attached hydrogens (tertiary/aromatic N) is 2.